The van der Waals surface area contributed by atoms with E-state index in [1.165, 1.54) is 19.3 Å². The van der Waals surface area contributed by atoms with Gasteiger partial charge < -0.3 is 0 Å². The summed E-state index contributed by atoms with van der Waals surface area (Å²) in [5, 5.41) is 0.736. The van der Waals surface area contributed by atoms with Gasteiger partial charge in [0.2, 0.25) is 0 Å². The molecule has 0 saturated heterocycles. The minimum Gasteiger partial charge on any atom is -0.122 e. The van der Waals surface area contributed by atoms with Gasteiger partial charge in [-0.05, 0) is 40.9 Å². The molecule has 0 aromatic carbocycles. The van der Waals surface area contributed by atoms with E-state index in [9.17, 15) is 0 Å². The van der Waals surface area contributed by atoms with E-state index in [-0.39, 0.29) is 0 Å². The lowest BCUT2D eigenvalue weighted by Gasteiger charge is -2.07. The second-order valence-electron chi connectivity index (χ2n) is 3.83. The summed E-state index contributed by atoms with van der Waals surface area (Å²) in [6.45, 7) is 6.82. The molecule has 0 fully saturated rings. The Hall–Kier alpha value is -0.430. The number of thioether (sulfide) groups is 1. The first-order chi connectivity index (χ1) is 6.81. The van der Waals surface area contributed by atoms with E-state index in [1.54, 1.807) is 21.6 Å². The Morgan fingerprint density at radius 2 is 1.93 bits per heavy atom. The number of hydrogen-bond donors (Lipinski definition) is 0. The van der Waals surface area contributed by atoms with Crippen LogP contribution in [0.3, 0.4) is 0 Å². The molecule has 1 unspecified atom stereocenters. The molecule has 0 bridgehead atoms. The van der Waals surface area contributed by atoms with E-state index in [4.69, 9.17) is 0 Å². The lowest BCUT2D eigenvalue weighted by atomic mass is 9.97. The Balaban J connectivity index is 2.35. The fourth-order valence-electron chi connectivity index (χ4n) is 2.30. The Morgan fingerprint density at radius 1 is 1.14 bits per heavy atom. The summed E-state index contributed by atoms with van der Waals surface area (Å²) in [4.78, 5) is 1.62. The third kappa shape index (κ3) is 1.38. The van der Waals surface area contributed by atoms with Crippen molar-refractivity contribution in [3.05, 3.63) is 33.8 Å². The van der Waals surface area contributed by atoms with E-state index < -0.39 is 0 Å². The zero-order valence-electron chi connectivity index (χ0n) is 9.26. The first-order valence-electron chi connectivity index (χ1n) is 5.63. The van der Waals surface area contributed by atoms with Gasteiger partial charge in [-0.2, -0.15) is 0 Å². The van der Waals surface area contributed by atoms with Crippen molar-refractivity contribution in [1.82, 2.24) is 0 Å². The minimum absolute atomic E-state index is 0.736. The number of allylic oxidation sites excluding steroid dienone is 5. The molecule has 2 rings (SSSR count). The van der Waals surface area contributed by atoms with Gasteiger partial charge in [-0.1, -0.05) is 32.9 Å². The van der Waals surface area contributed by atoms with Crippen LogP contribution >= 0.6 is 11.8 Å². The van der Waals surface area contributed by atoms with Crippen LogP contribution < -0.4 is 0 Å². The molecular formula is C13H18S. The summed E-state index contributed by atoms with van der Waals surface area (Å²) in [6, 6.07) is 0. The summed E-state index contributed by atoms with van der Waals surface area (Å²) < 4.78 is 0. The largest absolute Gasteiger partial charge is 0.122 e. The number of fused-ring (bicyclic) bond motifs is 1. The van der Waals surface area contributed by atoms with Crippen LogP contribution in [0.4, 0.5) is 0 Å². The van der Waals surface area contributed by atoms with Gasteiger partial charge in [-0.15, -0.1) is 11.8 Å². The van der Waals surface area contributed by atoms with Crippen molar-refractivity contribution >= 4 is 11.8 Å². The lowest BCUT2D eigenvalue weighted by molar-refractivity contribution is 0.946. The summed E-state index contributed by atoms with van der Waals surface area (Å²) in [5.74, 6) is 0. The van der Waals surface area contributed by atoms with Gasteiger partial charge in [-0.3, -0.25) is 0 Å². The molecule has 76 valence electrons. The molecule has 0 saturated carbocycles. The molecule has 1 aliphatic carbocycles. The van der Waals surface area contributed by atoms with E-state index in [1.807, 2.05) is 0 Å². The van der Waals surface area contributed by atoms with Crippen LogP contribution in [0.1, 0.15) is 40.0 Å². The van der Waals surface area contributed by atoms with Gasteiger partial charge in [0.15, 0.2) is 0 Å². The molecule has 1 aliphatic heterocycles. The highest BCUT2D eigenvalue weighted by Crippen LogP contribution is 2.50. The van der Waals surface area contributed by atoms with Crippen molar-refractivity contribution in [2.75, 3.05) is 0 Å². The Morgan fingerprint density at radius 3 is 2.50 bits per heavy atom. The molecule has 0 amide bonds. The Labute approximate surface area is 91.2 Å². The SMILES string of the molecule is CCC1=CC=C2C1=C(CC)SC2CC. The van der Waals surface area contributed by atoms with Crippen molar-refractivity contribution in [2.45, 2.75) is 45.3 Å². The molecule has 14 heavy (non-hydrogen) atoms. The normalized spacial score (nSPS) is 25.2. The van der Waals surface area contributed by atoms with Crippen LogP contribution in [0.5, 0.6) is 0 Å². The van der Waals surface area contributed by atoms with E-state index in [0.29, 0.717) is 0 Å². The topological polar surface area (TPSA) is 0 Å². The Bertz CT molecular complexity index is 331. The molecule has 1 atom stereocenters. The highest BCUT2D eigenvalue weighted by atomic mass is 32.2. The first-order valence-corrected chi connectivity index (χ1v) is 6.51. The lowest BCUT2D eigenvalue weighted by Crippen LogP contribution is -1.99. The van der Waals surface area contributed by atoms with Gasteiger partial charge in [0.05, 0.1) is 0 Å². The van der Waals surface area contributed by atoms with Gasteiger partial charge in [0, 0.05) is 5.25 Å². The second-order valence-corrected chi connectivity index (χ2v) is 5.13. The van der Waals surface area contributed by atoms with Crippen LogP contribution in [0, 0.1) is 0 Å². The highest BCUT2D eigenvalue weighted by Gasteiger charge is 2.31. The van der Waals surface area contributed by atoms with Crippen LogP contribution in [0.15, 0.2) is 33.8 Å². The van der Waals surface area contributed by atoms with Gasteiger partial charge >= 0.3 is 0 Å². The third-order valence-corrected chi connectivity index (χ3v) is 4.71. The molecule has 0 spiro atoms. The third-order valence-electron chi connectivity index (χ3n) is 3.06. The van der Waals surface area contributed by atoms with Gasteiger partial charge in [0.25, 0.3) is 0 Å². The smallest absolute Gasteiger partial charge is 0.0345 e. The monoisotopic (exact) mass is 206 g/mol. The zero-order valence-corrected chi connectivity index (χ0v) is 10.1. The second kappa shape index (κ2) is 3.98. The first kappa shape index (κ1) is 10.1. The van der Waals surface area contributed by atoms with Crippen LogP contribution in [-0.2, 0) is 0 Å². The summed E-state index contributed by atoms with van der Waals surface area (Å²) in [5.41, 5.74) is 4.76. The Kier molecular flexibility index (Phi) is 2.87. The number of hydrogen-bond acceptors (Lipinski definition) is 1. The van der Waals surface area contributed by atoms with E-state index >= 15 is 0 Å². The van der Waals surface area contributed by atoms with Crippen LogP contribution in [-0.4, -0.2) is 5.25 Å². The molecule has 1 heterocycles. The maximum Gasteiger partial charge on any atom is 0.0345 e. The summed E-state index contributed by atoms with van der Waals surface area (Å²) >= 11 is 2.09. The summed E-state index contributed by atoms with van der Waals surface area (Å²) in [7, 11) is 0. The number of rotatable bonds is 3. The van der Waals surface area contributed by atoms with E-state index in [0.717, 1.165) is 5.25 Å². The van der Waals surface area contributed by atoms with Crippen molar-refractivity contribution in [1.29, 1.82) is 0 Å². The average Bonchev–Trinajstić information content (AvgIpc) is 2.75. The minimum atomic E-state index is 0.736. The van der Waals surface area contributed by atoms with Crippen LogP contribution in [0.2, 0.25) is 0 Å². The van der Waals surface area contributed by atoms with Crippen molar-refractivity contribution in [3.63, 3.8) is 0 Å². The fraction of sp³-hybridized carbons (Fsp3) is 0.538. The predicted molar refractivity (Wildman–Crippen MR) is 65.4 cm³/mol. The molecule has 0 aromatic rings. The molecule has 0 nitrogen and oxygen atoms in total. The zero-order chi connectivity index (χ0) is 10.1. The van der Waals surface area contributed by atoms with Crippen molar-refractivity contribution < 1.29 is 0 Å². The predicted octanol–water partition coefficient (Wildman–Crippen LogP) is 4.45. The molecule has 1 heteroatoms. The maximum absolute atomic E-state index is 2.35. The standard InChI is InChI=1S/C13H18S/c1-4-9-7-8-10-11(5-2)14-12(6-3)13(9)10/h7-8,11H,4-6H2,1-3H3. The van der Waals surface area contributed by atoms with Crippen molar-refractivity contribution in [2.24, 2.45) is 0 Å². The fourth-order valence-corrected chi connectivity index (χ4v) is 3.67. The van der Waals surface area contributed by atoms with Crippen molar-refractivity contribution in [3.8, 4) is 0 Å². The van der Waals surface area contributed by atoms with E-state index in [2.05, 4.69) is 44.7 Å². The molecule has 0 aromatic heterocycles. The van der Waals surface area contributed by atoms with Crippen LogP contribution in [0.25, 0.3) is 0 Å². The average molecular weight is 206 g/mol. The molecule has 0 radical (unpaired) electrons. The highest BCUT2D eigenvalue weighted by molar-refractivity contribution is 8.04. The summed E-state index contributed by atoms with van der Waals surface area (Å²) in [6.07, 6.45) is 8.30. The molecular weight excluding hydrogens is 188 g/mol. The van der Waals surface area contributed by atoms with Gasteiger partial charge in [-0.25, -0.2) is 0 Å². The maximum atomic E-state index is 2.35. The van der Waals surface area contributed by atoms with Gasteiger partial charge in [0.1, 0.15) is 0 Å². The quantitative estimate of drug-likeness (QED) is 0.657. The molecule has 0 N–H and O–H groups in total. The molecule has 2 aliphatic rings.